The minimum Gasteiger partial charge on any atom is -0.392 e. The third-order valence-corrected chi connectivity index (χ3v) is 9.24. The zero-order chi connectivity index (χ0) is 31.1. The summed E-state index contributed by atoms with van der Waals surface area (Å²) in [6.45, 7) is 1.77. The zero-order valence-electron chi connectivity index (χ0n) is 25.5. The quantitative estimate of drug-likeness (QED) is 0.293. The number of carbonyl (C=O) groups excluding carboxylic acids is 2. The van der Waals surface area contributed by atoms with Gasteiger partial charge in [-0.15, -0.1) is 0 Å². The molecule has 4 aromatic rings. The summed E-state index contributed by atoms with van der Waals surface area (Å²) in [4.78, 5) is 48.0. The van der Waals surface area contributed by atoms with E-state index >= 15 is 0 Å². The normalized spacial score (nSPS) is 16.4. The maximum Gasteiger partial charge on any atom is 0.293 e. The fourth-order valence-electron chi connectivity index (χ4n) is 6.57. The highest BCUT2D eigenvalue weighted by molar-refractivity contribution is 6.09. The van der Waals surface area contributed by atoms with Crippen LogP contribution < -0.4 is 15.8 Å². The maximum atomic E-state index is 13.7. The molecule has 7 rings (SSSR count). The molecule has 230 valence electrons. The van der Waals surface area contributed by atoms with Crippen LogP contribution in [0.15, 0.2) is 71.7 Å². The van der Waals surface area contributed by atoms with Crippen LogP contribution in [0.3, 0.4) is 0 Å². The molecule has 9 heteroatoms. The van der Waals surface area contributed by atoms with Gasteiger partial charge in [-0.1, -0.05) is 24.3 Å². The fourth-order valence-corrected chi connectivity index (χ4v) is 6.57. The molecule has 1 aromatic heterocycles. The van der Waals surface area contributed by atoms with Crippen molar-refractivity contribution in [2.24, 2.45) is 7.05 Å². The molecule has 2 fully saturated rings. The Morgan fingerprint density at radius 2 is 1.73 bits per heavy atom. The van der Waals surface area contributed by atoms with Crippen LogP contribution in [0.25, 0.3) is 11.3 Å². The van der Waals surface area contributed by atoms with E-state index in [1.54, 1.807) is 42.4 Å². The first-order chi connectivity index (χ1) is 21.9. The van der Waals surface area contributed by atoms with Crippen molar-refractivity contribution in [3.63, 3.8) is 0 Å². The van der Waals surface area contributed by atoms with E-state index < -0.39 is 0 Å². The van der Waals surface area contributed by atoms with Crippen LogP contribution in [-0.2, 0) is 20.1 Å². The van der Waals surface area contributed by atoms with E-state index in [1.807, 2.05) is 29.2 Å². The summed E-state index contributed by atoms with van der Waals surface area (Å²) in [5.74, 6) is 0.687. The second-order valence-corrected chi connectivity index (χ2v) is 12.3. The van der Waals surface area contributed by atoms with Gasteiger partial charge in [0.1, 0.15) is 0 Å². The Morgan fingerprint density at radius 3 is 2.47 bits per heavy atom. The number of carbonyl (C=O) groups is 2. The van der Waals surface area contributed by atoms with Crippen LogP contribution in [0, 0.1) is 0 Å². The van der Waals surface area contributed by atoms with Gasteiger partial charge in [0.25, 0.3) is 17.4 Å². The van der Waals surface area contributed by atoms with Crippen LogP contribution in [-0.4, -0.2) is 51.0 Å². The summed E-state index contributed by atoms with van der Waals surface area (Å²) in [5, 5.41) is 13.7. The maximum absolute atomic E-state index is 13.7. The van der Waals surface area contributed by atoms with Gasteiger partial charge in [0.15, 0.2) is 5.82 Å². The zero-order valence-corrected chi connectivity index (χ0v) is 25.5. The molecule has 0 unspecified atom stereocenters. The van der Waals surface area contributed by atoms with Crippen molar-refractivity contribution in [3.05, 3.63) is 105 Å². The molecule has 9 nitrogen and oxygen atoms in total. The number of aliphatic hydroxyl groups is 1. The van der Waals surface area contributed by atoms with E-state index in [9.17, 15) is 19.5 Å². The molecule has 3 aliphatic rings. The van der Waals surface area contributed by atoms with Crippen molar-refractivity contribution in [2.75, 3.05) is 29.9 Å². The number of hydrogen-bond acceptors (Lipinski definition) is 6. The van der Waals surface area contributed by atoms with E-state index in [4.69, 9.17) is 0 Å². The number of aliphatic hydroxyl groups excluding tert-OH is 1. The topological polar surface area (TPSA) is 108 Å². The summed E-state index contributed by atoms with van der Waals surface area (Å²) < 4.78 is 1.45. The van der Waals surface area contributed by atoms with Crippen molar-refractivity contribution in [1.82, 2.24) is 14.5 Å². The van der Waals surface area contributed by atoms with Gasteiger partial charge in [-0.05, 0) is 92.0 Å². The number of aromatic nitrogens is 2. The predicted octanol–water partition coefficient (Wildman–Crippen LogP) is 5.39. The minimum atomic E-state index is -0.317. The standard InChI is InChI=1S/C36H37N5O4/c1-39-21-31(38-33(36(39)45)37-27-13-10-24(11-14-27)34(43)40-17-3-2-4-18-40)29-6-5-7-32(30(29)22-42)41-19-16-26-20-25(23-8-9-23)12-15-28(26)35(41)44/h5-7,10-15,20-21,23,42H,2-4,8-9,16-19,22H2,1H3,(H,37,38). The highest BCUT2D eigenvalue weighted by Gasteiger charge is 2.30. The molecule has 2 amide bonds. The molecule has 1 saturated carbocycles. The van der Waals surface area contributed by atoms with Gasteiger partial charge in [-0.2, -0.15) is 0 Å². The van der Waals surface area contributed by atoms with Gasteiger partial charge >= 0.3 is 0 Å². The molecule has 2 N–H and O–H groups in total. The first-order valence-electron chi connectivity index (χ1n) is 15.8. The highest BCUT2D eigenvalue weighted by Crippen LogP contribution is 2.41. The summed E-state index contributed by atoms with van der Waals surface area (Å²) >= 11 is 0. The number of aryl methyl sites for hydroxylation is 1. The summed E-state index contributed by atoms with van der Waals surface area (Å²) in [6, 6.07) is 18.8. The van der Waals surface area contributed by atoms with Gasteiger partial charge in [0, 0.05) is 60.8 Å². The summed E-state index contributed by atoms with van der Waals surface area (Å²) in [6.07, 6.45) is 8.03. The second-order valence-electron chi connectivity index (χ2n) is 12.3. The number of fused-ring (bicyclic) bond motifs is 1. The van der Waals surface area contributed by atoms with Crippen molar-refractivity contribution in [2.45, 2.75) is 51.0 Å². The Morgan fingerprint density at radius 1 is 0.956 bits per heavy atom. The molecular weight excluding hydrogens is 566 g/mol. The minimum absolute atomic E-state index is 0.0207. The number of piperidine rings is 1. The summed E-state index contributed by atoms with van der Waals surface area (Å²) in [5.41, 5.74) is 6.36. The number of hydrogen-bond donors (Lipinski definition) is 2. The van der Waals surface area contributed by atoms with Crippen LogP contribution >= 0.6 is 0 Å². The third kappa shape index (κ3) is 5.64. The van der Waals surface area contributed by atoms with E-state index in [-0.39, 0.29) is 29.8 Å². The first kappa shape index (κ1) is 29.0. The van der Waals surface area contributed by atoms with Gasteiger partial charge in [-0.3, -0.25) is 14.4 Å². The van der Waals surface area contributed by atoms with Gasteiger partial charge in [-0.25, -0.2) is 4.98 Å². The van der Waals surface area contributed by atoms with E-state index in [0.717, 1.165) is 44.3 Å². The molecule has 0 bridgehead atoms. The van der Waals surface area contributed by atoms with Crippen molar-refractivity contribution >= 4 is 29.0 Å². The Hall–Kier alpha value is -4.76. The number of anilines is 3. The highest BCUT2D eigenvalue weighted by atomic mass is 16.3. The van der Waals surface area contributed by atoms with Gasteiger partial charge in [0.05, 0.1) is 18.0 Å². The largest absolute Gasteiger partial charge is 0.392 e. The number of rotatable bonds is 7. The SMILES string of the molecule is Cn1cc(-c2cccc(N3CCc4cc(C5CC5)ccc4C3=O)c2CO)nc(Nc2ccc(C(=O)N3CCCCC3)cc2)c1=O. The number of likely N-dealkylation sites (tertiary alicyclic amines) is 1. The Labute approximate surface area is 262 Å². The lowest BCUT2D eigenvalue weighted by molar-refractivity contribution is 0.0724. The van der Waals surface area contributed by atoms with Crippen LogP contribution in [0.1, 0.15) is 75.4 Å². The van der Waals surface area contributed by atoms with Gasteiger partial charge in [0.2, 0.25) is 0 Å². The van der Waals surface area contributed by atoms with Crippen LogP contribution in [0.2, 0.25) is 0 Å². The Kier molecular flexibility index (Phi) is 7.71. The van der Waals surface area contributed by atoms with E-state index in [1.165, 1.54) is 23.0 Å². The molecule has 3 heterocycles. The lowest BCUT2D eigenvalue weighted by atomic mass is 9.93. The lowest BCUT2D eigenvalue weighted by Crippen LogP contribution is -2.38. The summed E-state index contributed by atoms with van der Waals surface area (Å²) in [7, 11) is 1.66. The van der Waals surface area contributed by atoms with Crippen molar-refractivity contribution in [1.29, 1.82) is 0 Å². The van der Waals surface area contributed by atoms with E-state index in [0.29, 0.717) is 51.8 Å². The molecule has 45 heavy (non-hydrogen) atoms. The molecule has 0 spiro atoms. The number of nitrogens with one attached hydrogen (secondary N) is 1. The van der Waals surface area contributed by atoms with Crippen molar-refractivity contribution < 1.29 is 14.7 Å². The average Bonchev–Trinajstić information content (AvgIpc) is 3.93. The smallest absolute Gasteiger partial charge is 0.293 e. The molecular formula is C36H37N5O4. The van der Waals surface area contributed by atoms with Crippen LogP contribution in [0.4, 0.5) is 17.2 Å². The first-order valence-corrected chi connectivity index (χ1v) is 15.8. The molecule has 1 aliphatic carbocycles. The fraction of sp³-hybridized carbons (Fsp3) is 0.333. The van der Waals surface area contributed by atoms with Gasteiger partial charge < -0.3 is 24.8 Å². The monoisotopic (exact) mass is 603 g/mol. The predicted molar refractivity (Wildman–Crippen MR) is 174 cm³/mol. The third-order valence-electron chi connectivity index (χ3n) is 9.24. The lowest BCUT2D eigenvalue weighted by Gasteiger charge is -2.31. The number of nitrogens with zero attached hydrogens (tertiary/aromatic N) is 4. The number of amides is 2. The second kappa shape index (κ2) is 12.0. The number of benzene rings is 3. The molecule has 0 radical (unpaired) electrons. The molecule has 3 aromatic carbocycles. The molecule has 0 atom stereocenters. The van der Waals surface area contributed by atoms with E-state index in [2.05, 4.69) is 22.4 Å². The Bertz CT molecular complexity index is 1840. The average molecular weight is 604 g/mol. The molecule has 1 saturated heterocycles. The van der Waals surface area contributed by atoms with Crippen LogP contribution in [0.5, 0.6) is 0 Å². The molecule has 2 aliphatic heterocycles. The Balaban J connectivity index is 1.16. The van der Waals surface area contributed by atoms with Crippen molar-refractivity contribution in [3.8, 4) is 11.3 Å².